The number of hydrogen-bond donors (Lipinski definition) is 4. The van der Waals surface area contributed by atoms with Gasteiger partial charge in [0.1, 0.15) is 11.6 Å². The summed E-state index contributed by atoms with van der Waals surface area (Å²) >= 11 is 5.98. The summed E-state index contributed by atoms with van der Waals surface area (Å²) in [5, 5.41) is 29.5. The molecule has 1 amide bonds. The van der Waals surface area contributed by atoms with Gasteiger partial charge in [0.25, 0.3) is 0 Å². The number of hydrogen-bond acceptors (Lipinski definition) is 4. The monoisotopic (exact) mass is 469 g/mol. The summed E-state index contributed by atoms with van der Waals surface area (Å²) in [6.45, 7) is 0. The number of aliphatic hydroxyl groups excluding tert-OH is 1. The van der Waals surface area contributed by atoms with Crippen LogP contribution in [0.1, 0.15) is 37.4 Å². The summed E-state index contributed by atoms with van der Waals surface area (Å²) in [4.78, 5) is 33.6. The predicted molar refractivity (Wildman–Crippen MR) is 112 cm³/mol. The Morgan fingerprint density at radius 3 is 2.03 bits per heavy atom. The molecule has 2 aromatic carbocycles. The SMILES string of the molecule is O=C(O)C(O)c1c(F)cccc1F.O=C(O)[C@H]1CCCC[C@H]1C(=O)Nc1ccccc1Cl. The number of rotatable bonds is 5. The number of aliphatic hydroxyl groups is 1. The van der Waals surface area contributed by atoms with E-state index in [0.717, 1.165) is 31.0 Å². The van der Waals surface area contributed by atoms with Crippen molar-refractivity contribution in [2.45, 2.75) is 31.8 Å². The summed E-state index contributed by atoms with van der Waals surface area (Å²) < 4.78 is 25.6. The zero-order valence-electron chi connectivity index (χ0n) is 16.8. The van der Waals surface area contributed by atoms with Gasteiger partial charge in [0, 0.05) is 0 Å². The van der Waals surface area contributed by atoms with Gasteiger partial charge in [0.15, 0.2) is 6.10 Å². The molecule has 1 fully saturated rings. The molecule has 10 heteroatoms. The summed E-state index contributed by atoms with van der Waals surface area (Å²) in [7, 11) is 0. The number of aliphatic carboxylic acids is 2. The van der Waals surface area contributed by atoms with Crippen LogP contribution >= 0.6 is 11.6 Å². The third kappa shape index (κ3) is 6.48. The molecule has 1 aliphatic rings. The second-order valence-electron chi connectivity index (χ2n) is 7.18. The van der Waals surface area contributed by atoms with Crippen molar-refractivity contribution in [1.82, 2.24) is 0 Å². The van der Waals surface area contributed by atoms with E-state index in [1.807, 2.05) is 0 Å². The van der Waals surface area contributed by atoms with Crippen molar-refractivity contribution in [1.29, 1.82) is 0 Å². The van der Waals surface area contributed by atoms with Gasteiger partial charge in [-0.05, 0) is 37.1 Å². The molecule has 0 aromatic heterocycles. The summed E-state index contributed by atoms with van der Waals surface area (Å²) in [5.41, 5.74) is -0.307. The predicted octanol–water partition coefficient (Wildman–Crippen LogP) is 4.25. The topological polar surface area (TPSA) is 124 Å². The third-order valence-corrected chi connectivity index (χ3v) is 5.39. The second-order valence-corrected chi connectivity index (χ2v) is 7.59. The van der Waals surface area contributed by atoms with Crippen molar-refractivity contribution in [3.63, 3.8) is 0 Å². The maximum absolute atomic E-state index is 12.8. The Labute approximate surface area is 187 Å². The zero-order valence-corrected chi connectivity index (χ0v) is 17.6. The molecule has 3 rings (SSSR count). The summed E-state index contributed by atoms with van der Waals surface area (Å²) in [5.74, 6) is -6.04. The van der Waals surface area contributed by atoms with E-state index in [4.69, 9.17) is 21.8 Å². The van der Waals surface area contributed by atoms with E-state index < -0.39 is 47.1 Å². The van der Waals surface area contributed by atoms with Gasteiger partial charge in [-0.2, -0.15) is 0 Å². The van der Waals surface area contributed by atoms with E-state index in [9.17, 15) is 28.3 Å². The molecule has 0 heterocycles. The van der Waals surface area contributed by atoms with Gasteiger partial charge in [-0.3, -0.25) is 9.59 Å². The van der Waals surface area contributed by atoms with Crippen molar-refractivity contribution >= 4 is 35.1 Å². The van der Waals surface area contributed by atoms with Gasteiger partial charge in [0.05, 0.1) is 28.1 Å². The Balaban J connectivity index is 0.000000244. The number of para-hydroxylation sites is 1. The highest BCUT2D eigenvalue weighted by Gasteiger charge is 2.35. The van der Waals surface area contributed by atoms with E-state index in [-0.39, 0.29) is 5.91 Å². The Kier molecular flexibility index (Phi) is 9.10. The third-order valence-electron chi connectivity index (χ3n) is 5.06. The van der Waals surface area contributed by atoms with Crippen LogP contribution in [0.4, 0.5) is 14.5 Å². The summed E-state index contributed by atoms with van der Waals surface area (Å²) in [6.07, 6.45) is 0.779. The van der Waals surface area contributed by atoms with Crippen molar-refractivity contribution in [3.8, 4) is 0 Å². The molecule has 1 aliphatic carbocycles. The highest BCUT2D eigenvalue weighted by molar-refractivity contribution is 6.33. The molecule has 2 aromatic rings. The van der Waals surface area contributed by atoms with Crippen LogP contribution in [0.3, 0.4) is 0 Å². The van der Waals surface area contributed by atoms with E-state index in [2.05, 4.69) is 5.32 Å². The molecule has 0 spiro atoms. The summed E-state index contributed by atoms with van der Waals surface area (Å²) in [6, 6.07) is 9.79. The first-order valence-electron chi connectivity index (χ1n) is 9.76. The van der Waals surface area contributed by atoms with Crippen molar-refractivity contribution in [2.75, 3.05) is 5.32 Å². The van der Waals surface area contributed by atoms with Crippen LogP contribution in [0.15, 0.2) is 42.5 Å². The second kappa shape index (κ2) is 11.5. The standard InChI is InChI=1S/C14H16ClNO3.C8H6F2O3/c15-11-7-3-4-8-12(11)16-13(17)9-5-1-2-6-10(9)14(18)19;9-4-2-1-3-5(10)6(4)7(11)8(12)13/h3-4,7-10H,1-2,5-6H2,(H,16,17)(H,18,19);1-3,7,11H,(H,12,13)/t9-,10+;/m1./s1. The molecule has 1 saturated carbocycles. The Hall–Kier alpha value is -3.04. The lowest BCUT2D eigenvalue weighted by Gasteiger charge is -2.27. The molecule has 0 saturated heterocycles. The number of carboxylic acids is 2. The maximum atomic E-state index is 12.8. The number of carbonyl (C=O) groups excluding carboxylic acids is 1. The average molecular weight is 470 g/mol. The molecule has 0 bridgehead atoms. The number of carboxylic acid groups (broad SMARTS) is 2. The van der Waals surface area contributed by atoms with Gasteiger partial charge < -0.3 is 20.6 Å². The normalized spacial score (nSPS) is 18.6. The largest absolute Gasteiger partial charge is 0.481 e. The zero-order chi connectivity index (χ0) is 23.8. The van der Waals surface area contributed by atoms with Crippen molar-refractivity contribution < 1.29 is 38.5 Å². The fourth-order valence-electron chi connectivity index (χ4n) is 3.42. The fourth-order valence-corrected chi connectivity index (χ4v) is 3.61. The van der Waals surface area contributed by atoms with Crippen LogP contribution in [0.2, 0.25) is 5.02 Å². The van der Waals surface area contributed by atoms with Crippen LogP contribution in [0, 0.1) is 23.5 Å². The molecular formula is C22H22ClF2NO6. The molecule has 3 atom stereocenters. The van der Waals surface area contributed by atoms with E-state index in [1.165, 1.54) is 0 Å². The van der Waals surface area contributed by atoms with Gasteiger partial charge >= 0.3 is 11.9 Å². The number of anilines is 1. The fraction of sp³-hybridized carbons (Fsp3) is 0.318. The van der Waals surface area contributed by atoms with Gasteiger partial charge in [-0.15, -0.1) is 0 Å². The minimum absolute atomic E-state index is 0.250. The van der Waals surface area contributed by atoms with E-state index in [0.29, 0.717) is 23.6 Å². The van der Waals surface area contributed by atoms with Crippen LogP contribution in [-0.4, -0.2) is 33.2 Å². The molecule has 7 nitrogen and oxygen atoms in total. The van der Waals surface area contributed by atoms with Crippen LogP contribution in [0.25, 0.3) is 0 Å². The maximum Gasteiger partial charge on any atom is 0.337 e. The number of carbonyl (C=O) groups is 3. The van der Waals surface area contributed by atoms with Crippen LogP contribution in [0.5, 0.6) is 0 Å². The lowest BCUT2D eigenvalue weighted by Crippen LogP contribution is -2.36. The smallest absolute Gasteiger partial charge is 0.337 e. The van der Waals surface area contributed by atoms with E-state index in [1.54, 1.807) is 24.3 Å². The highest BCUT2D eigenvalue weighted by Crippen LogP contribution is 2.32. The van der Waals surface area contributed by atoms with Crippen molar-refractivity contribution in [3.05, 3.63) is 64.7 Å². The first-order valence-corrected chi connectivity index (χ1v) is 10.1. The molecule has 1 unspecified atom stereocenters. The number of halogens is 3. The minimum Gasteiger partial charge on any atom is -0.481 e. The molecule has 32 heavy (non-hydrogen) atoms. The van der Waals surface area contributed by atoms with Gasteiger partial charge in [-0.1, -0.05) is 42.6 Å². The first-order chi connectivity index (χ1) is 15.1. The van der Waals surface area contributed by atoms with Gasteiger partial charge in [0.2, 0.25) is 5.91 Å². The molecule has 4 N–H and O–H groups in total. The Bertz CT molecular complexity index is 966. The molecular weight excluding hydrogens is 448 g/mol. The highest BCUT2D eigenvalue weighted by atomic mass is 35.5. The number of benzene rings is 2. The molecule has 0 radical (unpaired) electrons. The lowest BCUT2D eigenvalue weighted by atomic mass is 9.78. The first kappa shape index (κ1) is 25.2. The van der Waals surface area contributed by atoms with Crippen molar-refractivity contribution in [2.24, 2.45) is 11.8 Å². The number of nitrogens with one attached hydrogen (secondary N) is 1. The molecule has 0 aliphatic heterocycles. The quantitative estimate of drug-likeness (QED) is 0.519. The lowest BCUT2D eigenvalue weighted by molar-refractivity contribution is -0.148. The van der Waals surface area contributed by atoms with Crippen LogP contribution in [-0.2, 0) is 14.4 Å². The van der Waals surface area contributed by atoms with Crippen LogP contribution < -0.4 is 5.32 Å². The number of amides is 1. The van der Waals surface area contributed by atoms with E-state index >= 15 is 0 Å². The Morgan fingerprint density at radius 2 is 1.50 bits per heavy atom. The Morgan fingerprint density at radius 1 is 0.938 bits per heavy atom. The molecule has 172 valence electrons. The minimum atomic E-state index is -2.17. The van der Waals surface area contributed by atoms with Gasteiger partial charge in [-0.25, -0.2) is 13.6 Å². The average Bonchev–Trinajstić information content (AvgIpc) is 2.75.